The first-order chi connectivity index (χ1) is 15.3. The second-order valence-electron chi connectivity index (χ2n) is 6.74. The Bertz CT molecular complexity index is 1240. The van der Waals surface area contributed by atoms with E-state index in [1.807, 2.05) is 0 Å². The molecule has 2 aromatic carbocycles. The van der Waals surface area contributed by atoms with Gasteiger partial charge in [0.25, 0.3) is 0 Å². The predicted octanol–water partition coefficient (Wildman–Crippen LogP) is 5.32. The molecule has 0 radical (unpaired) electrons. The number of hydrogen-bond donors (Lipinski definition) is 2. The second-order valence-corrected chi connectivity index (χ2v) is 6.74. The molecular weight excluding hydrogens is 431 g/mol. The normalized spacial score (nSPS) is 11.4. The summed E-state index contributed by atoms with van der Waals surface area (Å²) in [5.74, 6) is -1.18. The molecule has 0 bridgehead atoms. The Hall–Kier alpha value is -4.02. The molecule has 2 N–H and O–H groups in total. The first-order valence-corrected chi connectivity index (χ1v) is 9.29. The smallest absolute Gasteiger partial charge is 0.379 e. The number of nitrogens with zero attached hydrogens (tertiary/aromatic N) is 4. The summed E-state index contributed by atoms with van der Waals surface area (Å²) >= 11 is 0. The van der Waals surface area contributed by atoms with Crippen LogP contribution in [0.4, 0.5) is 39.0 Å². The molecule has 0 saturated heterocycles. The molecule has 164 valence electrons. The molecule has 2 heterocycles. The molecule has 0 aliphatic carbocycles. The van der Waals surface area contributed by atoms with E-state index in [0.29, 0.717) is 17.1 Å². The Kier molecular flexibility index (Phi) is 5.71. The van der Waals surface area contributed by atoms with E-state index < -0.39 is 23.5 Å². The van der Waals surface area contributed by atoms with Crippen molar-refractivity contribution in [3.05, 3.63) is 90.0 Å². The van der Waals surface area contributed by atoms with Crippen molar-refractivity contribution in [3.8, 4) is 5.69 Å². The van der Waals surface area contributed by atoms with Gasteiger partial charge in [-0.05, 0) is 42.5 Å². The number of alkyl halides is 3. The molecule has 4 aromatic rings. The number of hydrogen-bond acceptors (Lipinski definition) is 5. The molecule has 0 aliphatic heterocycles. The predicted molar refractivity (Wildman–Crippen MR) is 108 cm³/mol. The van der Waals surface area contributed by atoms with Gasteiger partial charge in [-0.15, -0.1) is 5.10 Å². The molecule has 0 saturated carbocycles. The van der Waals surface area contributed by atoms with Crippen LogP contribution in [-0.2, 0) is 12.7 Å². The standard InChI is InChI=1S/C21H15F5N6/c22-13-4-5-18(23)19(8-13)29-15-2-1-3-17(9-15)32-12-16(30-31-32)11-28-14-6-7-27-20(10-14)21(24,25)26/h1-10,12,29H,11H2,(H,27,28). The van der Waals surface area contributed by atoms with Crippen molar-refractivity contribution in [1.29, 1.82) is 0 Å². The maximum Gasteiger partial charge on any atom is 0.433 e. The van der Waals surface area contributed by atoms with E-state index in [2.05, 4.69) is 25.9 Å². The molecule has 0 aliphatic rings. The topological polar surface area (TPSA) is 67.7 Å². The third-order valence-corrected chi connectivity index (χ3v) is 4.38. The Morgan fingerprint density at radius 3 is 2.59 bits per heavy atom. The van der Waals surface area contributed by atoms with Crippen molar-refractivity contribution in [2.45, 2.75) is 12.7 Å². The Balaban J connectivity index is 1.46. The number of anilines is 3. The molecule has 0 amide bonds. The van der Waals surface area contributed by atoms with E-state index in [4.69, 9.17) is 0 Å². The summed E-state index contributed by atoms with van der Waals surface area (Å²) in [5, 5.41) is 13.7. The van der Waals surface area contributed by atoms with Gasteiger partial charge in [0.2, 0.25) is 0 Å². The number of rotatable bonds is 6. The van der Waals surface area contributed by atoms with Gasteiger partial charge in [0.15, 0.2) is 0 Å². The van der Waals surface area contributed by atoms with Crippen molar-refractivity contribution in [3.63, 3.8) is 0 Å². The zero-order valence-corrected chi connectivity index (χ0v) is 16.2. The summed E-state index contributed by atoms with van der Waals surface area (Å²) in [6.45, 7) is 0.133. The molecule has 0 atom stereocenters. The Morgan fingerprint density at radius 2 is 1.78 bits per heavy atom. The largest absolute Gasteiger partial charge is 0.433 e. The van der Waals surface area contributed by atoms with Gasteiger partial charge in [0.05, 0.1) is 24.1 Å². The molecule has 32 heavy (non-hydrogen) atoms. The number of benzene rings is 2. The fourth-order valence-electron chi connectivity index (χ4n) is 2.87. The van der Waals surface area contributed by atoms with Crippen molar-refractivity contribution in [1.82, 2.24) is 20.0 Å². The summed E-state index contributed by atoms with van der Waals surface area (Å²) < 4.78 is 67.0. The second kappa shape index (κ2) is 8.61. The summed E-state index contributed by atoms with van der Waals surface area (Å²) in [4.78, 5) is 3.31. The van der Waals surface area contributed by atoms with Crippen LogP contribution >= 0.6 is 0 Å². The lowest BCUT2D eigenvalue weighted by atomic mass is 10.2. The third kappa shape index (κ3) is 4.99. The first-order valence-electron chi connectivity index (χ1n) is 9.29. The van der Waals surface area contributed by atoms with Gasteiger partial charge in [0, 0.05) is 23.6 Å². The van der Waals surface area contributed by atoms with Gasteiger partial charge in [-0.2, -0.15) is 13.2 Å². The number of pyridine rings is 1. The highest BCUT2D eigenvalue weighted by molar-refractivity contribution is 5.62. The summed E-state index contributed by atoms with van der Waals surface area (Å²) in [7, 11) is 0. The van der Waals surface area contributed by atoms with Crippen LogP contribution in [-0.4, -0.2) is 20.0 Å². The zero-order valence-electron chi connectivity index (χ0n) is 16.2. The fraction of sp³-hybridized carbons (Fsp3) is 0.0952. The van der Waals surface area contributed by atoms with Crippen LogP contribution in [0.1, 0.15) is 11.4 Å². The quantitative estimate of drug-likeness (QED) is 0.393. The maximum atomic E-state index is 13.9. The molecule has 0 spiro atoms. The molecule has 6 nitrogen and oxygen atoms in total. The van der Waals surface area contributed by atoms with E-state index >= 15 is 0 Å². The summed E-state index contributed by atoms with van der Waals surface area (Å²) in [6.07, 6.45) is -1.86. The minimum Gasteiger partial charge on any atom is -0.379 e. The highest BCUT2D eigenvalue weighted by Gasteiger charge is 2.32. The van der Waals surface area contributed by atoms with Crippen LogP contribution in [0, 0.1) is 11.6 Å². The van der Waals surface area contributed by atoms with Crippen molar-refractivity contribution in [2.24, 2.45) is 0 Å². The molecule has 11 heteroatoms. The number of aromatic nitrogens is 4. The van der Waals surface area contributed by atoms with Crippen LogP contribution in [0.25, 0.3) is 5.69 Å². The van der Waals surface area contributed by atoms with Gasteiger partial charge in [0.1, 0.15) is 23.0 Å². The number of halogens is 5. The van der Waals surface area contributed by atoms with Crippen LogP contribution < -0.4 is 10.6 Å². The van der Waals surface area contributed by atoms with Crippen LogP contribution in [0.2, 0.25) is 0 Å². The number of nitrogens with one attached hydrogen (secondary N) is 2. The minimum atomic E-state index is -4.53. The van der Waals surface area contributed by atoms with Crippen molar-refractivity contribution in [2.75, 3.05) is 10.6 Å². The monoisotopic (exact) mass is 446 g/mol. The lowest BCUT2D eigenvalue weighted by Gasteiger charge is -2.09. The average Bonchev–Trinajstić information content (AvgIpc) is 3.24. The van der Waals surface area contributed by atoms with Gasteiger partial charge in [-0.1, -0.05) is 11.3 Å². The SMILES string of the molecule is Fc1ccc(F)c(Nc2cccc(-n3cc(CNc4ccnc(C(F)(F)F)c4)nn3)c2)c1. The molecule has 0 unspecified atom stereocenters. The lowest BCUT2D eigenvalue weighted by molar-refractivity contribution is -0.141. The van der Waals surface area contributed by atoms with E-state index in [0.717, 1.165) is 30.5 Å². The van der Waals surface area contributed by atoms with E-state index in [1.54, 1.807) is 30.5 Å². The first kappa shape index (κ1) is 21.2. The van der Waals surface area contributed by atoms with Gasteiger partial charge < -0.3 is 10.6 Å². The third-order valence-electron chi connectivity index (χ3n) is 4.38. The summed E-state index contributed by atoms with van der Waals surface area (Å²) in [6, 6.07) is 12.2. The van der Waals surface area contributed by atoms with E-state index in [1.165, 1.54) is 10.7 Å². The Morgan fingerprint density at radius 1 is 0.938 bits per heavy atom. The Labute approximate surface area is 178 Å². The van der Waals surface area contributed by atoms with Crippen LogP contribution in [0.15, 0.2) is 67.0 Å². The van der Waals surface area contributed by atoms with Gasteiger partial charge in [-0.25, -0.2) is 13.5 Å². The maximum absolute atomic E-state index is 13.9. The highest BCUT2D eigenvalue weighted by atomic mass is 19.4. The van der Waals surface area contributed by atoms with E-state index in [9.17, 15) is 22.0 Å². The molecular formula is C21H15F5N6. The molecule has 4 rings (SSSR count). The fourth-order valence-corrected chi connectivity index (χ4v) is 2.87. The van der Waals surface area contributed by atoms with Gasteiger partial charge >= 0.3 is 6.18 Å². The average molecular weight is 446 g/mol. The van der Waals surface area contributed by atoms with E-state index in [-0.39, 0.29) is 17.9 Å². The zero-order chi connectivity index (χ0) is 22.7. The van der Waals surface area contributed by atoms with Crippen molar-refractivity contribution >= 4 is 17.1 Å². The molecule has 0 fully saturated rings. The molecule has 2 aromatic heterocycles. The van der Waals surface area contributed by atoms with Crippen LogP contribution in [0.5, 0.6) is 0 Å². The minimum absolute atomic E-state index is 0.0128. The van der Waals surface area contributed by atoms with Crippen molar-refractivity contribution < 1.29 is 22.0 Å². The lowest BCUT2D eigenvalue weighted by Crippen LogP contribution is -2.09. The van der Waals surface area contributed by atoms with Gasteiger partial charge in [-0.3, -0.25) is 4.98 Å². The van der Waals surface area contributed by atoms with Crippen LogP contribution in [0.3, 0.4) is 0 Å². The highest BCUT2D eigenvalue weighted by Crippen LogP contribution is 2.29. The summed E-state index contributed by atoms with van der Waals surface area (Å²) in [5.41, 5.74) is 0.800.